The summed E-state index contributed by atoms with van der Waals surface area (Å²) in [6.07, 6.45) is 0. The Morgan fingerprint density at radius 1 is 1.29 bits per heavy atom. The first kappa shape index (κ1) is 18.1. The lowest BCUT2D eigenvalue weighted by atomic mass is 9.94. The molecule has 0 bridgehead atoms. The number of furan rings is 1. The number of nitrogens with one attached hydrogen (secondary N) is 1. The highest BCUT2D eigenvalue weighted by Gasteiger charge is 2.28. The van der Waals surface area contributed by atoms with Gasteiger partial charge in [-0.1, -0.05) is 22.0 Å². The standard InChI is InChI=1S/C17H18BrNO5/c1-17(2,16(21)22)10-19-15(20)14-7-6-13(24-14)9-23-12-5-3-4-11(18)8-12/h3-8H,9-10H2,1-2H3,(H,19,20)(H,21,22). The topological polar surface area (TPSA) is 88.8 Å². The predicted octanol–water partition coefficient (Wildman–Crippen LogP) is 3.46. The van der Waals surface area contributed by atoms with E-state index in [-0.39, 0.29) is 18.9 Å². The van der Waals surface area contributed by atoms with Crippen molar-refractivity contribution in [1.82, 2.24) is 5.32 Å². The molecule has 0 saturated heterocycles. The predicted molar refractivity (Wildman–Crippen MR) is 90.9 cm³/mol. The van der Waals surface area contributed by atoms with Crippen LogP contribution in [0.25, 0.3) is 0 Å². The molecule has 128 valence electrons. The molecule has 0 aliphatic heterocycles. The van der Waals surface area contributed by atoms with Gasteiger partial charge >= 0.3 is 5.97 Å². The molecule has 0 saturated carbocycles. The van der Waals surface area contributed by atoms with E-state index in [0.717, 1.165) is 4.47 Å². The van der Waals surface area contributed by atoms with E-state index in [2.05, 4.69) is 21.2 Å². The van der Waals surface area contributed by atoms with Crippen molar-refractivity contribution in [2.45, 2.75) is 20.5 Å². The van der Waals surface area contributed by atoms with Crippen LogP contribution in [0.3, 0.4) is 0 Å². The van der Waals surface area contributed by atoms with Gasteiger partial charge in [0.25, 0.3) is 5.91 Å². The Balaban J connectivity index is 1.90. The molecule has 2 rings (SSSR count). The lowest BCUT2D eigenvalue weighted by molar-refractivity contribution is -0.146. The van der Waals surface area contributed by atoms with Crippen molar-refractivity contribution in [3.8, 4) is 5.75 Å². The number of carbonyl (C=O) groups excluding carboxylic acids is 1. The van der Waals surface area contributed by atoms with Gasteiger partial charge in [-0.15, -0.1) is 0 Å². The normalized spacial score (nSPS) is 11.1. The first-order valence-corrected chi connectivity index (χ1v) is 8.06. The fourth-order valence-electron chi connectivity index (χ4n) is 1.75. The zero-order valence-corrected chi connectivity index (χ0v) is 14.9. The molecule has 2 aromatic rings. The van der Waals surface area contributed by atoms with Crippen molar-refractivity contribution in [2.24, 2.45) is 5.41 Å². The summed E-state index contributed by atoms with van der Waals surface area (Å²) in [6, 6.07) is 10.6. The Kier molecular flexibility index (Phi) is 5.66. The van der Waals surface area contributed by atoms with E-state index < -0.39 is 17.3 Å². The van der Waals surface area contributed by atoms with Gasteiger partial charge in [0.05, 0.1) is 5.41 Å². The summed E-state index contributed by atoms with van der Waals surface area (Å²) in [4.78, 5) is 23.0. The fraction of sp³-hybridized carbons (Fsp3) is 0.294. The van der Waals surface area contributed by atoms with E-state index in [0.29, 0.717) is 11.5 Å². The molecule has 0 fully saturated rings. The Morgan fingerprint density at radius 2 is 2.04 bits per heavy atom. The lowest BCUT2D eigenvalue weighted by Gasteiger charge is -2.18. The average molecular weight is 396 g/mol. The smallest absolute Gasteiger partial charge is 0.310 e. The van der Waals surface area contributed by atoms with E-state index in [1.807, 2.05) is 24.3 Å². The minimum atomic E-state index is -1.05. The van der Waals surface area contributed by atoms with Crippen LogP contribution >= 0.6 is 15.9 Å². The van der Waals surface area contributed by atoms with E-state index >= 15 is 0 Å². The minimum absolute atomic E-state index is 0.00570. The second-order valence-corrected chi connectivity index (χ2v) is 6.80. The summed E-state index contributed by atoms with van der Waals surface area (Å²) in [6.45, 7) is 3.26. The van der Waals surface area contributed by atoms with Crippen LogP contribution in [0.1, 0.15) is 30.2 Å². The van der Waals surface area contributed by atoms with E-state index in [4.69, 9.17) is 14.3 Å². The summed E-state index contributed by atoms with van der Waals surface area (Å²) in [5.74, 6) is -0.153. The molecular formula is C17H18BrNO5. The van der Waals surface area contributed by atoms with Gasteiger partial charge in [0.2, 0.25) is 0 Å². The second-order valence-electron chi connectivity index (χ2n) is 5.88. The number of carbonyl (C=O) groups is 2. The Hall–Kier alpha value is -2.28. The van der Waals surface area contributed by atoms with E-state index in [1.165, 1.54) is 19.9 Å². The zero-order valence-electron chi connectivity index (χ0n) is 13.3. The number of amides is 1. The van der Waals surface area contributed by atoms with Crippen molar-refractivity contribution in [1.29, 1.82) is 0 Å². The van der Waals surface area contributed by atoms with Gasteiger partial charge < -0.3 is 19.6 Å². The van der Waals surface area contributed by atoms with Gasteiger partial charge in [0.1, 0.15) is 18.1 Å². The SMILES string of the molecule is CC(C)(CNC(=O)c1ccc(COc2cccc(Br)c2)o1)C(=O)O. The number of benzene rings is 1. The number of halogens is 1. The second kappa shape index (κ2) is 7.53. The third kappa shape index (κ3) is 4.86. The van der Waals surface area contributed by atoms with E-state index in [9.17, 15) is 9.59 Å². The highest BCUT2D eigenvalue weighted by Crippen LogP contribution is 2.19. The number of carboxylic acid groups (broad SMARTS) is 1. The van der Waals surface area contributed by atoms with Crippen LogP contribution < -0.4 is 10.1 Å². The van der Waals surface area contributed by atoms with Crippen molar-refractivity contribution in [3.63, 3.8) is 0 Å². The van der Waals surface area contributed by atoms with Crippen molar-refractivity contribution in [3.05, 3.63) is 52.4 Å². The average Bonchev–Trinajstić information content (AvgIpc) is 3.00. The summed E-state index contributed by atoms with van der Waals surface area (Å²) in [5.41, 5.74) is -1.05. The summed E-state index contributed by atoms with van der Waals surface area (Å²) in [5, 5.41) is 11.6. The largest absolute Gasteiger partial charge is 0.486 e. The van der Waals surface area contributed by atoms with Crippen molar-refractivity contribution >= 4 is 27.8 Å². The first-order valence-electron chi connectivity index (χ1n) is 7.26. The number of ether oxygens (including phenoxy) is 1. The maximum atomic E-state index is 12.0. The van der Waals surface area contributed by atoms with Crippen LogP contribution in [0, 0.1) is 5.41 Å². The lowest BCUT2D eigenvalue weighted by Crippen LogP contribution is -2.38. The van der Waals surface area contributed by atoms with Crippen molar-refractivity contribution in [2.75, 3.05) is 6.54 Å². The van der Waals surface area contributed by atoms with Gasteiger partial charge in [0, 0.05) is 11.0 Å². The molecule has 0 aliphatic carbocycles. The number of aliphatic carboxylic acids is 1. The van der Waals surface area contributed by atoms with Crippen LogP contribution in [0.5, 0.6) is 5.75 Å². The van der Waals surface area contributed by atoms with Crippen molar-refractivity contribution < 1.29 is 23.8 Å². The summed E-state index contributed by atoms with van der Waals surface area (Å²) >= 11 is 3.36. The highest BCUT2D eigenvalue weighted by atomic mass is 79.9. The molecule has 1 aromatic heterocycles. The molecule has 0 aliphatic rings. The fourth-order valence-corrected chi connectivity index (χ4v) is 2.13. The van der Waals surface area contributed by atoms with Crippen LogP contribution in [0.4, 0.5) is 0 Å². The monoisotopic (exact) mass is 395 g/mol. The van der Waals surface area contributed by atoms with E-state index in [1.54, 1.807) is 6.07 Å². The maximum absolute atomic E-state index is 12.0. The molecule has 0 spiro atoms. The van der Waals surface area contributed by atoms with Gasteiger partial charge in [-0.05, 0) is 44.2 Å². The third-order valence-electron chi connectivity index (χ3n) is 3.33. The molecule has 1 heterocycles. The van der Waals surface area contributed by atoms with Gasteiger partial charge in [-0.25, -0.2) is 0 Å². The van der Waals surface area contributed by atoms with Gasteiger partial charge in [-0.3, -0.25) is 9.59 Å². The number of rotatable bonds is 7. The molecule has 24 heavy (non-hydrogen) atoms. The summed E-state index contributed by atoms with van der Waals surface area (Å²) < 4.78 is 11.9. The van der Waals surface area contributed by atoms with Crippen LogP contribution in [0.2, 0.25) is 0 Å². The number of carboxylic acids is 1. The molecule has 0 radical (unpaired) electrons. The summed E-state index contributed by atoms with van der Waals surface area (Å²) in [7, 11) is 0. The zero-order chi connectivity index (χ0) is 17.7. The van der Waals surface area contributed by atoms with Gasteiger partial charge in [0.15, 0.2) is 5.76 Å². The first-order chi connectivity index (χ1) is 11.3. The molecule has 7 heteroatoms. The molecule has 0 atom stereocenters. The van der Waals surface area contributed by atoms with Crippen LogP contribution in [0.15, 0.2) is 45.3 Å². The number of hydrogen-bond acceptors (Lipinski definition) is 4. The molecule has 6 nitrogen and oxygen atoms in total. The highest BCUT2D eigenvalue weighted by molar-refractivity contribution is 9.10. The van der Waals surface area contributed by atoms with Crippen LogP contribution in [-0.4, -0.2) is 23.5 Å². The Bertz CT molecular complexity index is 738. The maximum Gasteiger partial charge on any atom is 0.310 e. The molecule has 0 unspecified atom stereocenters. The third-order valence-corrected chi connectivity index (χ3v) is 3.83. The number of hydrogen-bond donors (Lipinski definition) is 2. The Morgan fingerprint density at radius 3 is 2.71 bits per heavy atom. The minimum Gasteiger partial charge on any atom is -0.486 e. The Labute approximate surface area is 147 Å². The van der Waals surface area contributed by atoms with Gasteiger partial charge in [-0.2, -0.15) is 0 Å². The molecule has 2 N–H and O–H groups in total. The van der Waals surface area contributed by atoms with Crippen LogP contribution in [-0.2, 0) is 11.4 Å². The molecule has 1 aromatic carbocycles. The molecule has 1 amide bonds. The quantitative estimate of drug-likeness (QED) is 0.748. The molecular weight excluding hydrogens is 378 g/mol.